The number of pyridine rings is 1. The molecule has 3 heterocycles. The summed E-state index contributed by atoms with van der Waals surface area (Å²) in [5.74, 6) is 1.56. The van der Waals surface area contributed by atoms with Gasteiger partial charge in [0.25, 0.3) is 0 Å². The van der Waals surface area contributed by atoms with Crippen LogP contribution >= 0.6 is 27.7 Å². The van der Waals surface area contributed by atoms with Crippen molar-refractivity contribution in [3.63, 3.8) is 0 Å². The number of ether oxygens (including phenoxy) is 2. The third kappa shape index (κ3) is 3.98. The first-order valence-corrected chi connectivity index (χ1v) is 13.0. The highest BCUT2D eigenvalue weighted by atomic mass is 79.9. The molecule has 2 aromatic heterocycles. The van der Waals surface area contributed by atoms with Crippen LogP contribution in [0.3, 0.4) is 0 Å². The lowest BCUT2D eigenvalue weighted by molar-refractivity contribution is -0.111. The summed E-state index contributed by atoms with van der Waals surface area (Å²) in [7, 11) is 0. The van der Waals surface area contributed by atoms with Crippen LogP contribution in [0.2, 0.25) is 0 Å². The molecular formula is C28H20BrN3O2S. The Hall–Kier alpha value is -3.31. The predicted molar refractivity (Wildman–Crippen MR) is 140 cm³/mol. The molecule has 0 fully saturated rings. The number of aromatic nitrogens is 2. The quantitative estimate of drug-likeness (QED) is 0.223. The maximum absolute atomic E-state index is 9.78. The van der Waals surface area contributed by atoms with Crippen LogP contribution in [0, 0.1) is 18.3 Å². The van der Waals surface area contributed by atoms with E-state index >= 15 is 0 Å². The molecule has 1 unspecified atom stereocenters. The maximum Gasteiger partial charge on any atom is 0.227 e. The molecule has 0 saturated heterocycles. The molecule has 6 rings (SSSR count). The molecule has 1 aliphatic rings. The lowest BCUT2D eigenvalue weighted by Crippen LogP contribution is -2.19. The minimum atomic E-state index is -0.435. The summed E-state index contributed by atoms with van der Waals surface area (Å²) in [6.07, 6.45) is -0.435. The third-order valence-electron chi connectivity index (χ3n) is 6.12. The summed E-state index contributed by atoms with van der Waals surface area (Å²) in [6.45, 7) is 2.45. The Morgan fingerprint density at radius 1 is 1.11 bits per heavy atom. The Kier molecular flexibility index (Phi) is 5.73. The van der Waals surface area contributed by atoms with Crippen LogP contribution in [0.15, 0.2) is 82.3 Å². The second kappa shape index (κ2) is 9.04. The average Bonchev–Trinajstić information content (AvgIpc) is 3.27. The van der Waals surface area contributed by atoms with Crippen molar-refractivity contribution < 1.29 is 9.47 Å². The fraction of sp³-hybridized carbons (Fsp3) is 0.143. The first-order chi connectivity index (χ1) is 17.1. The molecule has 3 aromatic carbocycles. The van der Waals surface area contributed by atoms with Gasteiger partial charge in [-0.05, 0) is 42.8 Å². The number of nitrogens with zero attached hydrogens (tertiary/aromatic N) is 3. The van der Waals surface area contributed by atoms with Crippen molar-refractivity contribution in [3.05, 3.63) is 105 Å². The number of para-hydroxylation sites is 2. The largest absolute Gasteiger partial charge is 0.460 e. The first kappa shape index (κ1) is 22.2. The smallest absolute Gasteiger partial charge is 0.227 e. The van der Waals surface area contributed by atoms with Crippen LogP contribution in [-0.4, -0.2) is 9.38 Å². The minimum Gasteiger partial charge on any atom is -0.460 e. The zero-order valence-electron chi connectivity index (χ0n) is 18.9. The highest BCUT2D eigenvalue weighted by Crippen LogP contribution is 2.40. The molecule has 0 bridgehead atoms. The second-order valence-electron chi connectivity index (χ2n) is 8.43. The molecule has 172 valence electrons. The van der Waals surface area contributed by atoms with Crippen LogP contribution in [-0.2, 0) is 17.1 Å². The Morgan fingerprint density at radius 2 is 1.91 bits per heavy atom. The van der Waals surface area contributed by atoms with E-state index in [1.807, 2.05) is 61.5 Å². The van der Waals surface area contributed by atoms with Gasteiger partial charge in [-0.25, -0.2) is 4.98 Å². The van der Waals surface area contributed by atoms with Crippen LogP contribution in [0.5, 0.6) is 5.75 Å². The number of thioether (sulfide) groups is 1. The standard InChI is InChI=1S/C28H20BrN3O2S/c1-17-11-25(32-24-10-6-5-9-23(24)31-27(32)22(17)14-30)35-16-20-13-21(29)12-19-15-33-28(34-26(19)20)18-7-3-2-4-8-18/h2-13,28H,15-16H2,1H3. The number of imidazole rings is 1. The Balaban J connectivity index is 1.39. The van der Waals surface area contributed by atoms with E-state index < -0.39 is 6.29 Å². The molecule has 0 aliphatic carbocycles. The zero-order valence-corrected chi connectivity index (χ0v) is 21.3. The van der Waals surface area contributed by atoms with Crippen LogP contribution in [0.25, 0.3) is 16.7 Å². The van der Waals surface area contributed by atoms with E-state index in [-0.39, 0.29) is 0 Å². The highest BCUT2D eigenvalue weighted by Gasteiger charge is 2.25. The summed E-state index contributed by atoms with van der Waals surface area (Å²) in [4.78, 5) is 4.77. The van der Waals surface area contributed by atoms with Gasteiger partial charge in [-0.1, -0.05) is 58.4 Å². The number of fused-ring (bicyclic) bond motifs is 4. The van der Waals surface area contributed by atoms with Crippen LogP contribution < -0.4 is 4.74 Å². The van der Waals surface area contributed by atoms with Crippen molar-refractivity contribution in [2.75, 3.05) is 0 Å². The molecule has 0 N–H and O–H groups in total. The summed E-state index contributed by atoms with van der Waals surface area (Å²) in [6, 6.07) is 26.6. The van der Waals surface area contributed by atoms with Gasteiger partial charge in [0, 0.05) is 26.9 Å². The fourth-order valence-corrected chi connectivity index (χ4v) is 6.11. The number of rotatable bonds is 4. The van der Waals surface area contributed by atoms with Gasteiger partial charge in [-0.2, -0.15) is 5.26 Å². The number of aryl methyl sites for hydroxylation is 1. The molecular weight excluding hydrogens is 522 g/mol. The van der Waals surface area contributed by atoms with E-state index in [2.05, 4.69) is 44.6 Å². The van der Waals surface area contributed by atoms with Gasteiger partial charge < -0.3 is 9.47 Å². The second-order valence-corrected chi connectivity index (χ2v) is 10.3. The highest BCUT2D eigenvalue weighted by molar-refractivity contribution is 9.10. The van der Waals surface area contributed by atoms with Crippen molar-refractivity contribution in [3.8, 4) is 11.8 Å². The molecule has 0 saturated carbocycles. The summed E-state index contributed by atoms with van der Waals surface area (Å²) in [5.41, 5.74) is 7.20. The number of nitriles is 1. The van der Waals surface area contributed by atoms with Crippen molar-refractivity contribution in [1.82, 2.24) is 9.38 Å². The average molecular weight is 542 g/mol. The Bertz CT molecular complexity index is 1630. The summed E-state index contributed by atoms with van der Waals surface area (Å²) in [5, 5.41) is 10.8. The molecule has 1 aliphatic heterocycles. The van der Waals surface area contributed by atoms with Gasteiger partial charge in [-0.15, -0.1) is 11.8 Å². The van der Waals surface area contributed by atoms with Crippen molar-refractivity contribution in [2.24, 2.45) is 0 Å². The van der Waals surface area contributed by atoms with Gasteiger partial charge in [0.15, 0.2) is 5.65 Å². The lowest BCUT2D eigenvalue weighted by Gasteiger charge is -2.28. The van der Waals surface area contributed by atoms with Gasteiger partial charge >= 0.3 is 0 Å². The van der Waals surface area contributed by atoms with Crippen LogP contribution in [0.1, 0.15) is 34.1 Å². The molecule has 5 aromatic rings. The minimum absolute atomic E-state index is 0.435. The van der Waals surface area contributed by atoms with Gasteiger partial charge in [0.2, 0.25) is 6.29 Å². The zero-order chi connectivity index (χ0) is 23.9. The number of benzene rings is 3. The predicted octanol–water partition coefficient (Wildman–Crippen LogP) is 7.33. The van der Waals surface area contributed by atoms with Gasteiger partial charge in [-0.3, -0.25) is 4.40 Å². The van der Waals surface area contributed by atoms with E-state index in [0.29, 0.717) is 23.6 Å². The monoisotopic (exact) mass is 541 g/mol. The molecule has 5 nitrogen and oxygen atoms in total. The van der Waals surface area contributed by atoms with Crippen LogP contribution in [0.4, 0.5) is 0 Å². The molecule has 7 heteroatoms. The summed E-state index contributed by atoms with van der Waals surface area (Å²) >= 11 is 5.36. The molecule has 0 amide bonds. The maximum atomic E-state index is 9.78. The number of hydrogen-bond acceptors (Lipinski definition) is 5. The van der Waals surface area contributed by atoms with Crippen molar-refractivity contribution >= 4 is 44.4 Å². The van der Waals surface area contributed by atoms with E-state index in [1.165, 1.54) is 0 Å². The van der Waals surface area contributed by atoms with Crippen molar-refractivity contribution in [1.29, 1.82) is 5.26 Å². The summed E-state index contributed by atoms with van der Waals surface area (Å²) < 4.78 is 15.5. The van der Waals surface area contributed by atoms with E-state index in [1.54, 1.807) is 11.8 Å². The van der Waals surface area contributed by atoms with Gasteiger partial charge in [0.05, 0.1) is 28.2 Å². The molecule has 0 spiro atoms. The third-order valence-corrected chi connectivity index (χ3v) is 7.63. The van der Waals surface area contributed by atoms with E-state index in [9.17, 15) is 5.26 Å². The van der Waals surface area contributed by atoms with Crippen molar-refractivity contribution in [2.45, 2.75) is 30.6 Å². The topological polar surface area (TPSA) is 59.6 Å². The normalized spacial score (nSPS) is 15.1. The Morgan fingerprint density at radius 3 is 2.74 bits per heavy atom. The first-order valence-electron chi connectivity index (χ1n) is 11.2. The molecule has 0 radical (unpaired) electrons. The van der Waals surface area contributed by atoms with E-state index in [4.69, 9.17) is 14.5 Å². The number of halogens is 1. The number of hydrogen-bond donors (Lipinski definition) is 0. The molecule has 35 heavy (non-hydrogen) atoms. The van der Waals surface area contributed by atoms with E-state index in [0.717, 1.165) is 48.5 Å². The van der Waals surface area contributed by atoms with Gasteiger partial charge in [0.1, 0.15) is 11.8 Å². The lowest BCUT2D eigenvalue weighted by atomic mass is 10.1. The molecule has 1 atom stereocenters. The fourth-order valence-electron chi connectivity index (χ4n) is 4.47. The Labute approximate surface area is 215 Å². The SMILES string of the molecule is Cc1cc(SCc2cc(Br)cc3c2OC(c2ccccc2)OC3)n2c(nc3ccccc32)c1C#N.